The van der Waals surface area contributed by atoms with Crippen molar-refractivity contribution in [1.82, 2.24) is 4.90 Å². The SMILES string of the molecule is CCC(CCl)N(C(C)=O)C(Cl)(CC)CCl. The third-order valence-electron chi connectivity index (χ3n) is 2.53. The normalized spacial score (nSPS) is 16.9. The molecule has 1 amide bonds. The molecule has 0 radical (unpaired) electrons. The molecule has 2 nitrogen and oxygen atoms in total. The molecule has 0 aromatic heterocycles. The summed E-state index contributed by atoms with van der Waals surface area (Å²) in [6.07, 6.45) is 1.37. The van der Waals surface area contributed by atoms with Gasteiger partial charge in [-0.1, -0.05) is 25.4 Å². The molecule has 90 valence electrons. The van der Waals surface area contributed by atoms with Crippen LogP contribution in [0.3, 0.4) is 0 Å². The maximum atomic E-state index is 11.6. The molecule has 0 aromatic rings. The Bertz CT molecular complexity index is 203. The first-order chi connectivity index (χ1) is 6.96. The highest BCUT2D eigenvalue weighted by Crippen LogP contribution is 2.30. The smallest absolute Gasteiger partial charge is 0.221 e. The van der Waals surface area contributed by atoms with Gasteiger partial charge in [0.1, 0.15) is 5.00 Å². The van der Waals surface area contributed by atoms with Gasteiger partial charge in [0.05, 0.1) is 5.88 Å². The first-order valence-corrected chi connectivity index (χ1v) is 6.52. The van der Waals surface area contributed by atoms with Gasteiger partial charge in [0.15, 0.2) is 0 Å². The number of carbonyl (C=O) groups excluding carboxylic acids is 1. The number of alkyl halides is 3. The molecule has 0 spiro atoms. The van der Waals surface area contributed by atoms with Gasteiger partial charge in [0, 0.05) is 18.8 Å². The lowest BCUT2D eigenvalue weighted by Crippen LogP contribution is -2.54. The Labute approximate surface area is 107 Å². The predicted molar refractivity (Wildman–Crippen MR) is 66.9 cm³/mol. The summed E-state index contributed by atoms with van der Waals surface area (Å²) in [6.45, 7) is 5.38. The Kier molecular flexibility index (Phi) is 6.98. The third kappa shape index (κ3) is 3.69. The van der Waals surface area contributed by atoms with E-state index in [1.807, 2.05) is 13.8 Å². The van der Waals surface area contributed by atoms with E-state index in [9.17, 15) is 4.79 Å². The zero-order chi connectivity index (χ0) is 12.1. The van der Waals surface area contributed by atoms with Gasteiger partial charge in [-0.25, -0.2) is 0 Å². The quantitative estimate of drug-likeness (QED) is 0.537. The van der Waals surface area contributed by atoms with Crippen LogP contribution in [0, 0.1) is 0 Å². The second kappa shape index (κ2) is 6.82. The van der Waals surface area contributed by atoms with E-state index in [2.05, 4.69) is 0 Å². The minimum Gasteiger partial charge on any atom is -0.318 e. The first-order valence-electron chi connectivity index (χ1n) is 5.07. The van der Waals surface area contributed by atoms with Gasteiger partial charge in [-0.05, 0) is 12.8 Å². The van der Waals surface area contributed by atoms with Gasteiger partial charge in [0.2, 0.25) is 5.91 Å². The van der Waals surface area contributed by atoms with Crippen LogP contribution in [-0.2, 0) is 4.79 Å². The fraction of sp³-hybridized carbons (Fsp3) is 0.900. The van der Waals surface area contributed by atoms with E-state index in [-0.39, 0.29) is 17.8 Å². The van der Waals surface area contributed by atoms with E-state index in [1.54, 1.807) is 4.90 Å². The van der Waals surface area contributed by atoms with Crippen LogP contribution in [-0.4, -0.2) is 33.6 Å². The van der Waals surface area contributed by atoms with Crippen molar-refractivity contribution in [3.63, 3.8) is 0 Å². The van der Waals surface area contributed by atoms with Crippen molar-refractivity contribution in [3.05, 3.63) is 0 Å². The number of hydrogen-bond acceptors (Lipinski definition) is 1. The first kappa shape index (κ1) is 15.3. The van der Waals surface area contributed by atoms with Crippen molar-refractivity contribution in [1.29, 1.82) is 0 Å². The number of nitrogens with zero attached hydrogens (tertiary/aromatic N) is 1. The van der Waals surface area contributed by atoms with Crippen LogP contribution in [0.15, 0.2) is 0 Å². The lowest BCUT2D eigenvalue weighted by atomic mass is 10.1. The van der Waals surface area contributed by atoms with Crippen molar-refractivity contribution in [2.24, 2.45) is 0 Å². The van der Waals surface area contributed by atoms with Crippen LogP contribution in [0.4, 0.5) is 0 Å². The molecular weight excluding hydrogens is 256 g/mol. The van der Waals surface area contributed by atoms with Crippen molar-refractivity contribution >= 4 is 40.7 Å². The van der Waals surface area contributed by atoms with Crippen LogP contribution in [0.25, 0.3) is 0 Å². The van der Waals surface area contributed by atoms with E-state index in [0.717, 1.165) is 6.42 Å². The van der Waals surface area contributed by atoms with Crippen molar-refractivity contribution < 1.29 is 4.79 Å². The van der Waals surface area contributed by atoms with Crippen LogP contribution < -0.4 is 0 Å². The Hall–Kier alpha value is 0.340. The molecule has 0 saturated heterocycles. The molecule has 0 rings (SSSR count). The number of halogens is 3. The number of amides is 1. The molecule has 2 atom stereocenters. The van der Waals surface area contributed by atoms with Crippen LogP contribution >= 0.6 is 34.8 Å². The van der Waals surface area contributed by atoms with Gasteiger partial charge in [0.25, 0.3) is 0 Å². The van der Waals surface area contributed by atoms with E-state index in [4.69, 9.17) is 34.8 Å². The second-order valence-corrected chi connectivity index (χ2v) is 4.79. The molecule has 2 unspecified atom stereocenters. The highest BCUT2D eigenvalue weighted by Gasteiger charge is 2.37. The van der Waals surface area contributed by atoms with Crippen LogP contribution in [0.1, 0.15) is 33.6 Å². The summed E-state index contributed by atoms with van der Waals surface area (Å²) in [5.41, 5.74) is 0. The Morgan fingerprint density at radius 1 is 1.40 bits per heavy atom. The molecular formula is C10H18Cl3NO. The maximum Gasteiger partial charge on any atom is 0.221 e. The lowest BCUT2D eigenvalue weighted by Gasteiger charge is -2.41. The molecule has 0 fully saturated rings. The molecule has 0 saturated carbocycles. The largest absolute Gasteiger partial charge is 0.318 e. The zero-order valence-corrected chi connectivity index (χ0v) is 11.7. The molecule has 0 aliphatic heterocycles. The van der Waals surface area contributed by atoms with Crippen LogP contribution in [0.5, 0.6) is 0 Å². The number of rotatable bonds is 6. The minimum absolute atomic E-state index is 0.0552. The predicted octanol–water partition coefficient (Wildman–Crippen LogP) is 3.44. The fourth-order valence-electron chi connectivity index (χ4n) is 1.56. The summed E-state index contributed by atoms with van der Waals surface area (Å²) in [7, 11) is 0. The van der Waals surface area contributed by atoms with Gasteiger partial charge < -0.3 is 4.90 Å². The van der Waals surface area contributed by atoms with E-state index < -0.39 is 5.00 Å². The third-order valence-corrected chi connectivity index (χ3v) is 4.05. The number of carbonyl (C=O) groups is 1. The Balaban J connectivity index is 5.01. The Morgan fingerprint density at radius 3 is 2.13 bits per heavy atom. The summed E-state index contributed by atoms with van der Waals surface area (Å²) >= 11 is 18.0. The minimum atomic E-state index is -0.817. The van der Waals surface area contributed by atoms with E-state index >= 15 is 0 Å². The molecule has 0 aromatic carbocycles. The van der Waals surface area contributed by atoms with Crippen molar-refractivity contribution in [2.75, 3.05) is 11.8 Å². The van der Waals surface area contributed by atoms with E-state index in [1.165, 1.54) is 6.92 Å². The average molecular weight is 275 g/mol. The fourth-order valence-corrected chi connectivity index (χ4v) is 2.49. The summed E-state index contributed by atoms with van der Waals surface area (Å²) in [4.78, 5) is 12.4. The molecule has 15 heavy (non-hydrogen) atoms. The van der Waals surface area contributed by atoms with Crippen molar-refractivity contribution in [2.45, 2.75) is 44.7 Å². The summed E-state index contributed by atoms with van der Waals surface area (Å²) in [6, 6.07) is -0.0552. The topological polar surface area (TPSA) is 20.3 Å². The molecule has 0 N–H and O–H groups in total. The van der Waals surface area contributed by atoms with Gasteiger partial charge in [-0.3, -0.25) is 4.79 Å². The Morgan fingerprint density at radius 2 is 1.93 bits per heavy atom. The molecule has 0 aliphatic carbocycles. The molecule has 5 heteroatoms. The van der Waals surface area contributed by atoms with Crippen molar-refractivity contribution in [3.8, 4) is 0 Å². The van der Waals surface area contributed by atoms with Gasteiger partial charge >= 0.3 is 0 Å². The summed E-state index contributed by atoms with van der Waals surface area (Å²) < 4.78 is 0. The van der Waals surface area contributed by atoms with Gasteiger partial charge in [-0.15, -0.1) is 23.2 Å². The highest BCUT2D eigenvalue weighted by molar-refractivity contribution is 6.31. The summed E-state index contributed by atoms with van der Waals surface area (Å²) in [5, 5.41) is 0. The second-order valence-electron chi connectivity index (χ2n) is 3.51. The van der Waals surface area contributed by atoms with E-state index in [0.29, 0.717) is 12.3 Å². The maximum absolute atomic E-state index is 11.6. The van der Waals surface area contributed by atoms with Crippen LogP contribution in [0.2, 0.25) is 0 Å². The monoisotopic (exact) mass is 273 g/mol. The summed E-state index contributed by atoms with van der Waals surface area (Å²) in [5.74, 6) is 0.499. The average Bonchev–Trinajstić information content (AvgIpc) is 2.24. The molecule has 0 heterocycles. The standard InChI is InChI=1S/C10H18Cl3NO/c1-4-9(6-11)14(8(3)15)10(13,5-2)7-12/h9H,4-7H2,1-3H3. The lowest BCUT2D eigenvalue weighted by molar-refractivity contribution is -0.134. The zero-order valence-electron chi connectivity index (χ0n) is 9.40. The number of hydrogen-bond donors (Lipinski definition) is 0. The van der Waals surface area contributed by atoms with Gasteiger partial charge in [-0.2, -0.15) is 0 Å². The molecule has 0 bridgehead atoms. The highest BCUT2D eigenvalue weighted by atomic mass is 35.5. The molecule has 0 aliphatic rings.